The SMILES string of the molecule is CCOC(=O)/C(C#N)=C/NNC(=O)COc1ccccc1C. The van der Waals surface area contributed by atoms with Gasteiger partial charge in [0.2, 0.25) is 0 Å². The fourth-order valence-corrected chi connectivity index (χ4v) is 1.43. The molecule has 0 saturated carbocycles. The van der Waals surface area contributed by atoms with Gasteiger partial charge in [-0.2, -0.15) is 5.26 Å². The van der Waals surface area contributed by atoms with Gasteiger partial charge in [0.25, 0.3) is 5.91 Å². The van der Waals surface area contributed by atoms with Gasteiger partial charge in [0.1, 0.15) is 11.8 Å². The van der Waals surface area contributed by atoms with Crippen LogP contribution in [0.25, 0.3) is 0 Å². The molecule has 0 heterocycles. The maximum Gasteiger partial charge on any atom is 0.350 e. The topological polar surface area (TPSA) is 100 Å². The third-order valence-corrected chi connectivity index (χ3v) is 2.50. The molecule has 7 nitrogen and oxygen atoms in total. The quantitative estimate of drug-likeness (QED) is 0.337. The van der Waals surface area contributed by atoms with Crippen LogP contribution in [0.1, 0.15) is 12.5 Å². The lowest BCUT2D eigenvalue weighted by molar-refractivity contribution is -0.138. The molecule has 0 aliphatic heterocycles. The number of nitriles is 1. The molecule has 1 rings (SSSR count). The fourth-order valence-electron chi connectivity index (χ4n) is 1.43. The first-order chi connectivity index (χ1) is 10.6. The molecule has 0 fully saturated rings. The smallest absolute Gasteiger partial charge is 0.350 e. The number of hydrogen-bond acceptors (Lipinski definition) is 6. The Labute approximate surface area is 128 Å². The van der Waals surface area contributed by atoms with Crippen LogP contribution in [0.2, 0.25) is 0 Å². The molecule has 0 aromatic heterocycles. The van der Waals surface area contributed by atoms with Gasteiger partial charge in [0.05, 0.1) is 6.61 Å². The molecule has 0 saturated heterocycles. The Morgan fingerprint density at radius 1 is 1.36 bits per heavy atom. The van der Waals surface area contributed by atoms with Gasteiger partial charge in [-0.05, 0) is 25.5 Å². The zero-order valence-corrected chi connectivity index (χ0v) is 12.4. The van der Waals surface area contributed by atoms with Crippen molar-refractivity contribution in [2.75, 3.05) is 13.2 Å². The van der Waals surface area contributed by atoms with E-state index in [0.29, 0.717) is 5.75 Å². The first-order valence-corrected chi connectivity index (χ1v) is 6.58. The first-order valence-electron chi connectivity index (χ1n) is 6.58. The van der Waals surface area contributed by atoms with E-state index in [4.69, 9.17) is 10.00 Å². The predicted octanol–water partition coefficient (Wildman–Crippen LogP) is 0.965. The number of carbonyl (C=O) groups is 2. The van der Waals surface area contributed by atoms with E-state index in [2.05, 4.69) is 15.6 Å². The van der Waals surface area contributed by atoms with E-state index in [1.54, 1.807) is 25.1 Å². The normalized spacial score (nSPS) is 10.3. The minimum atomic E-state index is -0.761. The van der Waals surface area contributed by atoms with Crippen molar-refractivity contribution in [1.29, 1.82) is 5.26 Å². The molecular formula is C15H17N3O4. The van der Waals surface area contributed by atoms with Crippen molar-refractivity contribution in [1.82, 2.24) is 10.9 Å². The van der Waals surface area contributed by atoms with Crippen molar-refractivity contribution >= 4 is 11.9 Å². The second kappa shape index (κ2) is 9.02. The Kier molecular flexibility index (Phi) is 6.99. The standard InChI is InChI=1S/C15H17N3O4/c1-3-21-15(20)12(8-16)9-17-18-14(19)10-22-13-7-5-4-6-11(13)2/h4-7,9,17H,3,10H2,1-2H3,(H,18,19)/b12-9+. The van der Waals surface area contributed by atoms with E-state index >= 15 is 0 Å². The molecule has 0 spiro atoms. The van der Waals surface area contributed by atoms with Gasteiger partial charge < -0.3 is 14.9 Å². The number of hydrazine groups is 1. The minimum absolute atomic E-state index is 0.161. The van der Waals surface area contributed by atoms with Crippen LogP contribution in [0, 0.1) is 18.3 Å². The largest absolute Gasteiger partial charge is 0.483 e. The lowest BCUT2D eigenvalue weighted by Crippen LogP contribution is -2.37. The number of aryl methyl sites for hydroxylation is 1. The van der Waals surface area contributed by atoms with Gasteiger partial charge >= 0.3 is 5.97 Å². The van der Waals surface area contributed by atoms with Gasteiger partial charge in [0, 0.05) is 6.20 Å². The summed E-state index contributed by atoms with van der Waals surface area (Å²) in [5.41, 5.74) is 5.31. The average Bonchev–Trinajstić information content (AvgIpc) is 2.51. The van der Waals surface area contributed by atoms with Crippen LogP contribution in [0.5, 0.6) is 5.75 Å². The third-order valence-electron chi connectivity index (χ3n) is 2.50. The number of benzene rings is 1. The molecule has 0 unspecified atom stereocenters. The molecular weight excluding hydrogens is 286 g/mol. The first kappa shape index (κ1) is 17.0. The number of nitrogens with zero attached hydrogens (tertiary/aromatic N) is 1. The van der Waals surface area contributed by atoms with Gasteiger partial charge in [-0.25, -0.2) is 4.79 Å². The fraction of sp³-hybridized carbons (Fsp3) is 0.267. The lowest BCUT2D eigenvalue weighted by atomic mass is 10.2. The molecule has 1 amide bonds. The summed E-state index contributed by atoms with van der Waals surface area (Å²) in [6.07, 6.45) is 1.06. The highest BCUT2D eigenvalue weighted by atomic mass is 16.5. The number of para-hydroxylation sites is 1. The Bertz CT molecular complexity index is 605. The average molecular weight is 303 g/mol. The summed E-state index contributed by atoms with van der Waals surface area (Å²) in [7, 11) is 0. The molecule has 0 radical (unpaired) electrons. The molecule has 1 aromatic rings. The molecule has 116 valence electrons. The Balaban J connectivity index is 2.41. The summed E-state index contributed by atoms with van der Waals surface area (Å²) in [5.74, 6) is -0.610. The minimum Gasteiger partial charge on any atom is -0.483 e. The van der Waals surface area contributed by atoms with Crippen molar-refractivity contribution in [2.24, 2.45) is 0 Å². The monoisotopic (exact) mass is 303 g/mol. The van der Waals surface area contributed by atoms with E-state index in [0.717, 1.165) is 11.8 Å². The number of ether oxygens (including phenoxy) is 2. The van der Waals surface area contributed by atoms with Crippen LogP contribution in [0.4, 0.5) is 0 Å². The Hall–Kier alpha value is -3.01. The van der Waals surface area contributed by atoms with Crippen molar-refractivity contribution < 1.29 is 19.1 Å². The number of carbonyl (C=O) groups excluding carboxylic acids is 2. The van der Waals surface area contributed by atoms with Gasteiger partial charge in [-0.15, -0.1) is 0 Å². The van der Waals surface area contributed by atoms with Crippen LogP contribution in [0.3, 0.4) is 0 Å². The second-order valence-electron chi connectivity index (χ2n) is 4.14. The van der Waals surface area contributed by atoms with E-state index in [1.807, 2.05) is 19.1 Å². The lowest BCUT2D eigenvalue weighted by Gasteiger charge is -2.09. The van der Waals surface area contributed by atoms with Crippen LogP contribution in [0.15, 0.2) is 36.0 Å². The molecule has 22 heavy (non-hydrogen) atoms. The van der Waals surface area contributed by atoms with Crippen LogP contribution in [-0.4, -0.2) is 25.1 Å². The van der Waals surface area contributed by atoms with Crippen molar-refractivity contribution in [3.63, 3.8) is 0 Å². The second-order valence-corrected chi connectivity index (χ2v) is 4.14. The summed E-state index contributed by atoms with van der Waals surface area (Å²) in [5, 5.41) is 8.77. The molecule has 0 bridgehead atoms. The summed E-state index contributed by atoms with van der Waals surface area (Å²) in [6.45, 7) is 3.46. The van der Waals surface area contributed by atoms with Crippen LogP contribution in [-0.2, 0) is 14.3 Å². The molecule has 1 aromatic carbocycles. The molecule has 2 N–H and O–H groups in total. The van der Waals surface area contributed by atoms with Gasteiger partial charge in [-0.3, -0.25) is 10.2 Å². The maximum absolute atomic E-state index is 11.6. The number of hydrogen-bond donors (Lipinski definition) is 2. The highest BCUT2D eigenvalue weighted by molar-refractivity contribution is 5.92. The highest BCUT2D eigenvalue weighted by Crippen LogP contribution is 2.15. The molecule has 7 heteroatoms. The van der Waals surface area contributed by atoms with E-state index in [-0.39, 0.29) is 18.8 Å². The summed E-state index contributed by atoms with van der Waals surface area (Å²) in [6, 6.07) is 8.96. The summed E-state index contributed by atoms with van der Waals surface area (Å²) < 4.78 is 10.0. The van der Waals surface area contributed by atoms with Crippen LogP contribution < -0.4 is 15.6 Å². The van der Waals surface area contributed by atoms with E-state index in [1.165, 1.54) is 0 Å². The number of amides is 1. The highest BCUT2D eigenvalue weighted by Gasteiger charge is 2.09. The van der Waals surface area contributed by atoms with E-state index in [9.17, 15) is 9.59 Å². The number of nitrogens with one attached hydrogen (secondary N) is 2. The predicted molar refractivity (Wildman–Crippen MR) is 78.3 cm³/mol. The third kappa shape index (κ3) is 5.54. The number of esters is 1. The number of rotatable bonds is 7. The molecule has 0 aliphatic rings. The Morgan fingerprint density at radius 3 is 2.73 bits per heavy atom. The van der Waals surface area contributed by atoms with Crippen LogP contribution >= 0.6 is 0 Å². The van der Waals surface area contributed by atoms with Crippen molar-refractivity contribution in [2.45, 2.75) is 13.8 Å². The summed E-state index contributed by atoms with van der Waals surface area (Å²) >= 11 is 0. The zero-order valence-electron chi connectivity index (χ0n) is 12.4. The van der Waals surface area contributed by atoms with Crippen molar-refractivity contribution in [3.8, 4) is 11.8 Å². The van der Waals surface area contributed by atoms with Crippen molar-refractivity contribution in [3.05, 3.63) is 41.6 Å². The molecule has 0 atom stereocenters. The maximum atomic E-state index is 11.6. The van der Waals surface area contributed by atoms with Gasteiger partial charge in [-0.1, -0.05) is 18.2 Å². The zero-order chi connectivity index (χ0) is 16.4. The molecule has 0 aliphatic carbocycles. The van der Waals surface area contributed by atoms with Gasteiger partial charge in [0.15, 0.2) is 12.2 Å². The summed E-state index contributed by atoms with van der Waals surface area (Å²) in [4.78, 5) is 22.9. The van der Waals surface area contributed by atoms with E-state index < -0.39 is 11.9 Å². The Morgan fingerprint density at radius 2 is 2.09 bits per heavy atom.